The molecule has 0 aromatic heterocycles. The Balaban J connectivity index is 1.56. The molecule has 210 valence electrons. The minimum atomic E-state index is -2.97. The number of rotatable bonds is 8. The molecule has 3 aromatic rings. The van der Waals surface area contributed by atoms with Crippen LogP contribution in [0.1, 0.15) is 58.6 Å². The van der Waals surface area contributed by atoms with Gasteiger partial charge in [-0.3, -0.25) is 9.69 Å². The maximum Gasteiger partial charge on any atom is 0.413 e. The summed E-state index contributed by atoms with van der Waals surface area (Å²) in [7, 11) is -2.97. The molecule has 0 radical (unpaired) electrons. The van der Waals surface area contributed by atoms with Crippen LogP contribution in [0.4, 0.5) is 4.79 Å². The number of carbonyl (C=O) groups excluding carboxylic acids is 2. The number of Topliss-reactive ketones (excluding diaryl/α,β-unsaturated/α-hetero) is 1. The summed E-state index contributed by atoms with van der Waals surface area (Å²) in [5.74, 6) is -0.244. The third-order valence-electron chi connectivity index (χ3n) is 8.24. The smallest absolute Gasteiger partial charge is 0.413 e. The van der Waals surface area contributed by atoms with Gasteiger partial charge in [0, 0.05) is 6.42 Å². The molecule has 0 N–H and O–H groups in total. The topological polar surface area (TPSA) is 65.1 Å². The van der Waals surface area contributed by atoms with Crippen LogP contribution in [0.3, 0.4) is 0 Å². The number of ketones is 1. The summed E-state index contributed by atoms with van der Waals surface area (Å²) in [6, 6.07) is 29.8. The Hall–Kier alpha value is -3.26. The fraction of sp³-hybridized carbons (Fsp3) is 0.394. The first kappa shape index (κ1) is 28.3. The Bertz CT molecular complexity index is 1270. The number of benzene rings is 3. The van der Waals surface area contributed by atoms with Gasteiger partial charge in [-0.1, -0.05) is 112 Å². The second kappa shape index (κ2) is 11.3. The van der Waals surface area contributed by atoms with Crippen LogP contribution in [0.2, 0.25) is 5.04 Å². The molecule has 0 aliphatic carbocycles. The molecule has 3 aromatic carbocycles. The molecule has 5 rings (SSSR count). The lowest BCUT2D eigenvalue weighted by atomic mass is 9.92. The van der Waals surface area contributed by atoms with Crippen LogP contribution < -0.4 is 10.4 Å². The number of amides is 1. The van der Waals surface area contributed by atoms with Crippen LogP contribution in [-0.4, -0.2) is 50.1 Å². The number of cyclic esters (lactones) is 1. The van der Waals surface area contributed by atoms with Crippen molar-refractivity contribution in [2.75, 3.05) is 13.2 Å². The van der Waals surface area contributed by atoms with Crippen molar-refractivity contribution in [3.8, 4) is 0 Å². The molecular formula is C33H39NO5Si. The van der Waals surface area contributed by atoms with Gasteiger partial charge in [0.2, 0.25) is 11.5 Å². The van der Waals surface area contributed by atoms with Gasteiger partial charge in [0.1, 0.15) is 6.61 Å². The van der Waals surface area contributed by atoms with Crippen LogP contribution in [0, 0.1) is 0 Å². The van der Waals surface area contributed by atoms with Gasteiger partial charge < -0.3 is 13.9 Å². The van der Waals surface area contributed by atoms with Crippen molar-refractivity contribution in [1.29, 1.82) is 0 Å². The average molecular weight is 558 g/mol. The Kier molecular flexibility index (Phi) is 8.00. The van der Waals surface area contributed by atoms with Gasteiger partial charge in [0.15, 0.2) is 0 Å². The maximum atomic E-state index is 14.5. The minimum Gasteiger partial charge on any atom is -0.447 e. The molecule has 2 fully saturated rings. The molecule has 1 amide bonds. The van der Waals surface area contributed by atoms with Gasteiger partial charge in [-0.25, -0.2) is 4.79 Å². The van der Waals surface area contributed by atoms with Crippen LogP contribution in [0.25, 0.3) is 0 Å². The van der Waals surface area contributed by atoms with E-state index in [1.54, 1.807) is 4.90 Å². The monoisotopic (exact) mass is 557 g/mol. The van der Waals surface area contributed by atoms with Gasteiger partial charge in [0.25, 0.3) is 8.32 Å². The molecule has 2 aliphatic rings. The van der Waals surface area contributed by atoms with Crippen molar-refractivity contribution in [1.82, 2.24) is 4.90 Å². The summed E-state index contributed by atoms with van der Waals surface area (Å²) in [5.41, 5.74) is -0.549. The Labute approximate surface area is 238 Å². The van der Waals surface area contributed by atoms with E-state index < -0.39 is 26.2 Å². The predicted octanol–water partition coefficient (Wildman–Crippen LogP) is 5.61. The summed E-state index contributed by atoms with van der Waals surface area (Å²) in [5, 5.41) is 1.90. The van der Waals surface area contributed by atoms with Crippen LogP contribution in [0.15, 0.2) is 91.0 Å². The van der Waals surface area contributed by atoms with Gasteiger partial charge in [-0.15, -0.1) is 0 Å². The lowest BCUT2D eigenvalue weighted by molar-refractivity contribution is -0.203. The van der Waals surface area contributed by atoms with Crippen molar-refractivity contribution >= 4 is 30.6 Å². The summed E-state index contributed by atoms with van der Waals surface area (Å²) in [4.78, 5) is 29.4. The van der Waals surface area contributed by atoms with E-state index in [2.05, 4.69) is 45.0 Å². The van der Waals surface area contributed by atoms with E-state index in [0.29, 0.717) is 6.42 Å². The SMILES string of the molecule is C[C@H]1CCC[C@](C(=O)CO[Si](c2ccccc2)(c2ccccc2)C(C)(C)C)(N2C(=O)OC[C@H]2c2ccccc2)O1. The van der Waals surface area contributed by atoms with Crippen molar-refractivity contribution in [3.63, 3.8) is 0 Å². The van der Waals surface area contributed by atoms with Crippen LogP contribution >= 0.6 is 0 Å². The van der Waals surface area contributed by atoms with Gasteiger partial charge >= 0.3 is 6.09 Å². The third kappa shape index (κ3) is 5.02. The van der Waals surface area contributed by atoms with Crippen molar-refractivity contribution < 1.29 is 23.5 Å². The largest absolute Gasteiger partial charge is 0.447 e. The summed E-state index contributed by atoms with van der Waals surface area (Å²) < 4.78 is 19.1. The zero-order valence-corrected chi connectivity index (χ0v) is 24.8. The standard InChI is InChI=1S/C33H39NO5Si/c1-25-15-14-22-33(39-25,34-29(23-37-31(34)36)26-16-8-5-9-17-26)30(35)24-38-40(32(2,3)4,27-18-10-6-11-19-27)28-20-12-7-13-21-28/h5-13,16-21,25,29H,14-15,22-24H2,1-4H3/t25-,29-,33-/m0/s1. The van der Waals surface area contributed by atoms with E-state index in [1.807, 2.05) is 73.7 Å². The molecule has 40 heavy (non-hydrogen) atoms. The highest BCUT2D eigenvalue weighted by Gasteiger charge is 2.57. The van der Waals surface area contributed by atoms with E-state index in [-0.39, 0.29) is 30.1 Å². The number of nitrogens with zero attached hydrogens (tertiary/aromatic N) is 1. The van der Waals surface area contributed by atoms with Gasteiger partial charge in [-0.05, 0) is 40.7 Å². The highest BCUT2D eigenvalue weighted by molar-refractivity contribution is 6.99. The first-order chi connectivity index (χ1) is 19.2. The molecule has 0 unspecified atom stereocenters. The van der Waals surface area contributed by atoms with Crippen molar-refractivity contribution in [2.45, 2.75) is 69.9 Å². The van der Waals surface area contributed by atoms with Crippen LogP contribution in [-0.2, 0) is 18.7 Å². The first-order valence-electron chi connectivity index (χ1n) is 14.2. The average Bonchev–Trinajstić information content (AvgIpc) is 3.36. The molecule has 2 heterocycles. The first-order valence-corrected chi connectivity index (χ1v) is 16.1. The molecule has 3 atom stereocenters. The molecular weight excluding hydrogens is 518 g/mol. The van der Waals surface area contributed by atoms with E-state index >= 15 is 0 Å². The minimum absolute atomic E-state index is 0.172. The lowest BCUT2D eigenvalue weighted by Gasteiger charge is -2.47. The summed E-state index contributed by atoms with van der Waals surface area (Å²) in [6.45, 7) is 8.51. The summed E-state index contributed by atoms with van der Waals surface area (Å²) >= 11 is 0. The fourth-order valence-corrected chi connectivity index (χ4v) is 10.9. The van der Waals surface area contributed by atoms with Gasteiger partial charge in [-0.2, -0.15) is 0 Å². The third-order valence-corrected chi connectivity index (χ3v) is 13.2. The fourth-order valence-electron chi connectivity index (χ4n) is 6.39. The Morgan fingerprint density at radius 1 is 0.950 bits per heavy atom. The van der Waals surface area contributed by atoms with Crippen molar-refractivity contribution in [3.05, 3.63) is 96.6 Å². The predicted molar refractivity (Wildman–Crippen MR) is 158 cm³/mol. The maximum absolute atomic E-state index is 14.5. The second-order valence-corrected chi connectivity index (χ2v) is 16.2. The molecule has 2 aliphatic heterocycles. The molecule has 0 saturated carbocycles. The van der Waals surface area contributed by atoms with E-state index in [0.717, 1.165) is 28.8 Å². The molecule has 6 nitrogen and oxygen atoms in total. The number of carbonyl (C=O) groups is 2. The normalized spacial score (nSPS) is 23.6. The molecule has 0 bridgehead atoms. The zero-order chi connectivity index (χ0) is 28.4. The quantitative estimate of drug-likeness (QED) is 0.337. The van der Waals surface area contributed by atoms with E-state index in [4.69, 9.17) is 13.9 Å². The highest BCUT2D eigenvalue weighted by Crippen LogP contribution is 2.43. The highest BCUT2D eigenvalue weighted by atomic mass is 28.4. The second-order valence-electron chi connectivity index (χ2n) is 11.9. The van der Waals surface area contributed by atoms with E-state index in [9.17, 15) is 9.59 Å². The summed E-state index contributed by atoms with van der Waals surface area (Å²) in [6.07, 6.45) is 1.27. The molecule has 2 saturated heterocycles. The Morgan fingerprint density at radius 2 is 1.50 bits per heavy atom. The van der Waals surface area contributed by atoms with Gasteiger partial charge in [0.05, 0.1) is 18.8 Å². The van der Waals surface area contributed by atoms with Crippen molar-refractivity contribution in [2.24, 2.45) is 0 Å². The van der Waals surface area contributed by atoms with Crippen LogP contribution in [0.5, 0.6) is 0 Å². The molecule has 0 spiro atoms. The Morgan fingerprint density at radius 3 is 2.02 bits per heavy atom. The lowest BCUT2D eigenvalue weighted by Crippen LogP contribution is -2.68. The zero-order valence-electron chi connectivity index (χ0n) is 23.8. The van der Waals surface area contributed by atoms with E-state index in [1.165, 1.54) is 0 Å². The number of hydrogen-bond acceptors (Lipinski definition) is 5. The number of ether oxygens (including phenoxy) is 2. The molecule has 7 heteroatoms. The number of hydrogen-bond donors (Lipinski definition) is 0.